The lowest BCUT2D eigenvalue weighted by molar-refractivity contribution is -0.117. The van der Waals surface area contributed by atoms with Gasteiger partial charge in [0.2, 0.25) is 5.91 Å². The van der Waals surface area contributed by atoms with Gasteiger partial charge in [-0.25, -0.2) is 4.39 Å². The lowest BCUT2D eigenvalue weighted by Crippen LogP contribution is -2.32. The van der Waals surface area contributed by atoms with Crippen LogP contribution in [0.15, 0.2) is 18.2 Å². The molecule has 0 bridgehead atoms. The monoisotopic (exact) mass is 267 g/mol. The summed E-state index contributed by atoms with van der Waals surface area (Å²) in [6.07, 6.45) is 0.985. The Kier molecular flexibility index (Phi) is 6.45. The van der Waals surface area contributed by atoms with Crippen molar-refractivity contribution in [1.82, 2.24) is 10.2 Å². The highest BCUT2D eigenvalue weighted by atomic mass is 19.1. The first-order valence-corrected chi connectivity index (χ1v) is 6.42. The van der Waals surface area contributed by atoms with Crippen molar-refractivity contribution in [1.29, 1.82) is 0 Å². The molecule has 1 amide bonds. The zero-order valence-corrected chi connectivity index (χ0v) is 11.8. The van der Waals surface area contributed by atoms with Crippen molar-refractivity contribution in [3.63, 3.8) is 0 Å². The molecule has 0 fully saturated rings. The number of aryl methyl sites for hydroxylation is 1. The number of likely N-dealkylation sites (N-methyl/N-ethyl adjacent to an activating group) is 1. The predicted molar refractivity (Wildman–Crippen MR) is 75.8 cm³/mol. The molecule has 4 nitrogen and oxygen atoms in total. The normalized spacial score (nSPS) is 10.8. The van der Waals surface area contributed by atoms with Crippen LogP contribution >= 0.6 is 0 Å². The van der Waals surface area contributed by atoms with E-state index in [4.69, 9.17) is 0 Å². The lowest BCUT2D eigenvalue weighted by Gasteiger charge is -2.16. The molecule has 1 rings (SSSR count). The summed E-state index contributed by atoms with van der Waals surface area (Å²) >= 11 is 0. The zero-order chi connectivity index (χ0) is 14.3. The van der Waals surface area contributed by atoms with Gasteiger partial charge in [0.05, 0.1) is 6.54 Å². The van der Waals surface area contributed by atoms with Gasteiger partial charge in [-0.15, -0.1) is 0 Å². The number of amides is 1. The number of carbonyl (C=O) groups excluding carboxylic acids is 1. The Balaban J connectivity index is 2.44. The van der Waals surface area contributed by atoms with Gasteiger partial charge in [0, 0.05) is 5.69 Å². The van der Waals surface area contributed by atoms with Gasteiger partial charge in [0.15, 0.2) is 0 Å². The third kappa shape index (κ3) is 5.81. The minimum absolute atomic E-state index is 0.124. The molecule has 5 heteroatoms. The molecule has 0 unspecified atom stereocenters. The Hall–Kier alpha value is -1.46. The molecule has 0 aliphatic heterocycles. The zero-order valence-electron chi connectivity index (χ0n) is 11.8. The van der Waals surface area contributed by atoms with Crippen LogP contribution in [-0.4, -0.2) is 44.5 Å². The smallest absolute Gasteiger partial charge is 0.238 e. The third-order valence-corrected chi connectivity index (χ3v) is 2.85. The van der Waals surface area contributed by atoms with Crippen LogP contribution in [0, 0.1) is 12.7 Å². The molecule has 0 spiro atoms. The standard InChI is InChI=1S/C14H22FN3O/c1-11-5-6-12(15)9-13(11)17-14(19)10-18(3)8-4-7-16-2/h5-6,9,16H,4,7-8,10H2,1-3H3,(H,17,19). The predicted octanol–water partition coefficient (Wildman–Crippen LogP) is 1.61. The fourth-order valence-corrected chi connectivity index (χ4v) is 1.77. The fraction of sp³-hybridized carbons (Fsp3) is 0.500. The van der Waals surface area contributed by atoms with Crippen LogP contribution in [0.5, 0.6) is 0 Å². The van der Waals surface area contributed by atoms with Crippen LogP contribution in [-0.2, 0) is 4.79 Å². The molecule has 19 heavy (non-hydrogen) atoms. The molecular formula is C14H22FN3O. The molecule has 0 saturated heterocycles. The van der Waals surface area contributed by atoms with E-state index >= 15 is 0 Å². The van der Waals surface area contributed by atoms with E-state index in [1.54, 1.807) is 6.07 Å². The third-order valence-electron chi connectivity index (χ3n) is 2.85. The Bertz CT molecular complexity index is 423. The first-order chi connectivity index (χ1) is 9.02. The number of hydrogen-bond donors (Lipinski definition) is 2. The minimum atomic E-state index is -0.344. The average molecular weight is 267 g/mol. The molecule has 1 aromatic carbocycles. The first kappa shape index (κ1) is 15.6. The van der Waals surface area contributed by atoms with E-state index in [0.717, 1.165) is 25.1 Å². The SMILES string of the molecule is CNCCCN(C)CC(=O)Nc1cc(F)ccc1C. The van der Waals surface area contributed by atoms with Crippen LogP contribution in [0.25, 0.3) is 0 Å². The molecule has 0 radical (unpaired) electrons. The number of halogens is 1. The molecule has 0 aromatic heterocycles. The summed E-state index contributed by atoms with van der Waals surface area (Å²) in [7, 11) is 3.80. The van der Waals surface area contributed by atoms with Gasteiger partial charge < -0.3 is 10.6 Å². The maximum Gasteiger partial charge on any atom is 0.238 e. The molecule has 1 aromatic rings. The second-order valence-electron chi connectivity index (χ2n) is 4.70. The largest absolute Gasteiger partial charge is 0.325 e. The number of rotatable bonds is 7. The van der Waals surface area contributed by atoms with Crippen LogP contribution in [0.2, 0.25) is 0 Å². The van der Waals surface area contributed by atoms with Crippen LogP contribution in [0.4, 0.5) is 10.1 Å². The van der Waals surface area contributed by atoms with Crippen molar-refractivity contribution in [3.8, 4) is 0 Å². The Morgan fingerprint density at radius 1 is 1.42 bits per heavy atom. The number of anilines is 1. The second-order valence-corrected chi connectivity index (χ2v) is 4.70. The van der Waals surface area contributed by atoms with Gasteiger partial charge in [-0.1, -0.05) is 6.07 Å². The topological polar surface area (TPSA) is 44.4 Å². The molecule has 106 valence electrons. The summed E-state index contributed by atoms with van der Waals surface area (Å²) in [5.41, 5.74) is 1.39. The highest BCUT2D eigenvalue weighted by Gasteiger charge is 2.08. The highest BCUT2D eigenvalue weighted by Crippen LogP contribution is 2.15. The van der Waals surface area contributed by atoms with Gasteiger partial charge in [-0.2, -0.15) is 0 Å². The molecule has 2 N–H and O–H groups in total. The maximum atomic E-state index is 13.1. The summed E-state index contributed by atoms with van der Waals surface area (Å²) in [5, 5.41) is 5.80. The molecule has 0 saturated carbocycles. The summed E-state index contributed by atoms with van der Waals surface area (Å²) in [6, 6.07) is 4.38. The van der Waals surface area contributed by atoms with Crippen LogP contribution in [0.1, 0.15) is 12.0 Å². The van der Waals surface area contributed by atoms with Gasteiger partial charge in [-0.3, -0.25) is 9.69 Å². The van der Waals surface area contributed by atoms with Gasteiger partial charge in [0.25, 0.3) is 0 Å². The molecule has 0 heterocycles. The quantitative estimate of drug-likeness (QED) is 0.738. The number of hydrogen-bond acceptors (Lipinski definition) is 3. The van der Waals surface area contributed by atoms with Crippen LogP contribution in [0.3, 0.4) is 0 Å². The van der Waals surface area contributed by atoms with Crippen molar-refractivity contribution in [3.05, 3.63) is 29.6 Å². The van der Waals surface area contributed by atoms with E-state index in [2.05, 4.69) is 10.6 Å². The van der Waals surface area contributed by atoms with E-state index in [9.17, 15) is 9.18 Å². The molecular weight excluding hydrogens is 245 g/mol. The number of nitrogens with zero attached hydrogens (tertiary/aromatic N) is 1. The second kappa shape index (κ2) is 7.86. The summed E-state index contributed by atoms with van der Waals surface area (Å²) < 4.78 is 13.1. The van der Waals surface area contributed by atoms with Gasteiger partial charge in [0.1, 0.15) is 5.82 Å². The van der Waals surface area contributed by atoms with E-state index in [1.165, 1.54) is 12.1 Å². The number of nitrogens with one attached hydrogen (secondary N) is 2. The lowest BCUT2D eigenvalue weighted by atomic mass is 10.2. The van der Waals surface area contributed by atoms with Crippen molar-refractivity contribution in [2.75, 3.05) is 39.0 Å². The highest BCUT2D eigenvalue weighted by molar-refractivity contribution is 5.92. The average Bonchev–Trinajstić information content (AvgIpc) is 2.34. The molecule has 0 aliphatic carbocycles. The van der Waals surface area contributed by atoms with Crippen molar-refractivity contribution in [2.45, 2.75) is 13.3 Å². The van der Waals surface area contributed by atoms with Crippen molar-refractivity contribution in [2.24, 2.45) is 0 Å². The summed E-state index contributed by atoms with van der Waals surface area (Å²) in [4.78, 5) is 13.8. The van der Waals surface area contributed by atoms with E-state index in [-0.39, 0.29) is 11.7 Å². The van der Waals surface area contributed by atoms with Gasteiger partial charge in [-0.05, 0) is 58.2 Å². The Morgan fingerprint density at radius 2 is 2.16 bits per heavy atom. The number of carbonyl (C=O) groups is 1. The van der Waals surface area contributed by atoms with Crippen molar-refractivity contribution >= 4 is 11.6 Å². The summed E-state index contributed by atoms with van der Waals surface area (Å²) in [5.74, 6) is -0.469. The van der Waals surface area contributed by atoms with E-state index < -0.39 is 0 Å². The molecule has 0 atom stereocenters. The Labute approximate surface area is 114 Å². The van der Waals surface area contributed by atoms with Gasteiger partial charge >= 0.3 is 0 Å². The van der Waals surface area contributed by atoms with Crippen molar-refractivity contribution < 1.29 is 9.18 Å². The van der Waals surface area contributed by atoms with E-state index in [1.807, 2.05) is 25.9 Å². The fourth-order valence-electron chi connectivity index (χ4n) is 1.77. The summed E-state index contributed by atoms with van der Waals surface area (Å²) in [6.45, 7) is 3.91. The Morgan fingerprint density at radius 3 is 2.84 bits per heavy atom. The minimum Gasteiger partial charge on any atom is -0.325 e. The first-order valence-electron chi connectivity index (χ1n) is 6.42. The molecule has 0 aliphatic rings. The van der Waals surface area contributed by atoms with Crippen LogP contribution < -0.4 is 10.6 Å². The van der Waals surface area contributed by atoms with E-state index in [0.29, 0.717) is 12.2 Å². The number of benzene rings is 1. The maximum absolute atomic E-state index is 13.1.